The molecule has 0 amide bonds. The Bertz CT molecular complexity index is 1220. The Morgan fingerprint density at radius 1 is 0.442 bits per heavy atom. The summed E-state index contributed by atoms with van der Waals surface area (Å²) in [7, 11) is 0. The maximum atomic E-state index is 5.21. The molecule has 0 atom stereocenters. The second kappa shape index (κ2) is 33.4. The molecule has 0 aromatic heterocycles. The van der Waals surface area contributed by atoms with Crippen molar-refractivity contribution in [1.82, 2.24) is 0 Å². The number of aliphatic imine (C=N–C) groups is 2. The molecule has 0 saturated heterocycles. The van der Waals surface area contributed by atoms with Crippen molar-refractivity contribution in [3.8, 4) is 11.8 Å². The maximum absolute atomic E-state index is 5.21. The van der Waals surface area contributed by atoms with Crippen LogP contribution in [0, 0.1) is 11.8 Å². The second-order valence-corrected chi connectivity index (χ2v) is 15.2. The first-order valence-electron chi connectivity index (χ1n) is 22.0. The molecular formula is C49H78N2Ni. The Morgan fingerprint density at radius 2 is 0.788 bits per heavy atom. The average Bonchev–Trinajstić information content (AvgIpc) is 3.13. The third kappa shape index (κ3) is 24.2. The van der Waals surface area contributed by atoms with Gasteiger partial charge < -0.3 is 0 Å². The molecule has 2 aromatic rings. The molecule has 0 N–H and O–H groups in total. The molecule has 0 spiro atoms. The first kappa shape index (κ1) is 47.9. The van der Waals surface area contributed by atoms with Gasteiger partial charge in [0.05, 0.1) is 17.6 Å². The number of rotatable bonds is 30. The van der Waals surface area contributed by atoms with E-state index in [0.717, 1.165) is 49.2 Å². The molecule has 0 aliphatic rings. The Labute approximate surface area is 333 Å². The summed E-state index contributed by atoms with van der Waals surface area (Å²) in [5.74, 6) is 6.99. The van der Waals surface area contributed by atoms with Crippen LogP contribution in [-0.4, -0.2) is 11.9 Å². The van der Waals surface area contributed by atoms with E-state index in [4.69, 9.17) is 9.98 Å². The van der Waals surface area contributed by atoms with E-state index in [-0.39, 0.29) is 16.5 Å². The molecule has 0 aliphatic heterocycles. The van der Waals surface area contributed by atoms with Gasteiger partial charge in [0.2, 0.25) is 0 Å². The first-order valence-corrected chi connectivity index (χ1v) is 22.0. The fourth-order valence-electron chi connectivity index (χ4n) is 6.91. The van der Waals surface area contributed by atoms with Crippen LogP contribution in [0.15, 0.2) is 46.4 Å². The topological polar surface area (TPSA) is 24.7 Å². The van der Waals surface area contributed by atoms with Crippen molar-refractivity contribution in [2.24, 2.45) is 9.98 Å². The molecule has 294 valence electrons. The Balaban J connectivity index is 0.0000135. The van der Waals surface area contributed by atoms with Gasteiger partial charge in [-0.15, -0.1) is 0 Å². The van der Waals surface area contributed by atoms with Crippen LogP contribution < -0.4 is 0 Å². The Kier molecular flexibility index (Phi) is 30.7. The van der Waals surface area contributed by atoms with E-state index in [9.17, 15) is 0 Å². The maximum Gasteiger partial charge on any atom is 0.132 e. The van der Waals surface area contributed by atoms with E-state index >= 15 is 0 Å². The van der Waals surface area contributed by atoms with Crippen molar-refractivity contribution in [3.63, 3.8) is 0 Å². The predicted octanol–water partition coefficient (Wildman–Crippen LogP) is 15.8. The molecule has 0 aliphatic carbocycles. The zero-order chi connectivity index (χ0) is 36.6. The van der Waals surface area contributed by atoms with Crippen LogP contribution in [0.2, 0.25) is 0 Å². The normalized spacial score (nSPS) is 11.5. The minimum Gasteiger partial charge on any atom is -0.254 e. The van der Waals surface area contributed by atoms with E-state index in [2.05, 4.69) is 82.9 Å². The number of hydrogen-bond acceptors (Lipinski definition) is 2. The predicted molar refractivity (Wildman–Crippen MR) is 230 cm³/mol. The summed E-state index contributed by atoms with van der Waals surface area (Å²) in [6.45, 7) is 11.4. The number of benzene rings is 2. The van der Waals surface area contributed by atoms with Crippen LogP contribution >= 0.6 is 0 Å². The molecule has 0 bridgehead atoms. The van der Waals surface area contributed by atoms with Crippen molar-refractivity contribution in [2.75, 3.05) is 0 Å². The molecule has 2 nitrogen and oxygen atoms in total. The zero-order valence-corrected chi connectivity index (χ0v) is 35.5. The Morgan fingerprint density at radius 3 is 1.19 bits per heavy atom. The zero-order valence-electron chi connectivity index (χ0n) is 34.6. The summed E-state index contributed by atoms with van der Waals surface area (Å²) >= 11 is 0. The summed E-state index contributed by atoms with van der Waals surface area (Å²) < 4.78 is 0. The molecule has 3 heteroatoms. The molecule has 2 aromatic carbocycles. The van der Waals surface area contributed by atoms with Crippen molar-refractivity contribution >= 4 is 23.3 Å². The number of nitrogens with zero attached hydrogens (tertiary/aromatic N) is 2. The van der Waals surface area contributed by atoms with Crippen LogP contribution in [-0.2, 0) is 42.2 Å². The number of unbranched alkanes of at least 4 members (excludes halogenated alkanes) is 19. The third-order valence-corrected chi connectivity index (χ3v) is 10.1. The molecule has 0 unspecified atom stereocenters. The number of hydrogen-bond donors (Lipinski definition) is 0. The van der Waals surface area contributed by atoms with E-state index in [1.165, 1.54) is 170 Å². The smallest absolute Gasteiger partial charge is 0.132 e. The minimum atomic E-state index is 0. The fraction of sp³-hybridized carbons (Fsp3) is 0.673. The molecule has 0 fully saturated rings. The second-order valence-electron chi connectivity index (χ2n) is 15.2. The van der Waals surface area contributed by atoms with E-state index in [1.54, 1.807) is 0 Å². The SMILES string of the molecule is CCCCCCCCCCCCCC#CC(/C=N/c1cc(CCCCC)cc(CCCCC)c1)=N\c1cc(CCCCC)cc(CCCCC)c1.[Ni]. The summed E-state index contributed by atoms with van der Waals surface area (Å²) in [6, 6.07) is 14.1. The fourth-order valence-corrected chi connectivity index (χ4v) is 6.91. The van der Waals surface area contributed by atoms with Crippen LogP contribution in [0.25, 0.3) is 0 Å². The first-order chi connectivity index (χ1) is 25.1. The molecule has 0 heterocycles. The molecule has 0 radical (unpaired) electrons. The van der Waals surface area contributed by atoms with Gasteiger partial charge in [-0.1, -0.05) is 168 Å². The van der Waals surface area contributed by atoms with Gasteiger partial charge in [0.1, 0.15) is 5.71 Å². The van der Waals surface area contributed by atoms with Gasteiger partial charge in [0.25, 0.3) is 0 Å². The largest absolute Gasteiger partial charge is 0.254 e. The number of aryl methyl sites for hydroxylation is 4. The van der Waals surface area contributed by atoms with Gasteiger partial charge in [-0.25, -0.2) is 4.99 Å². The van der Waals surface area contributed by atoms with Crippen molar-refractivity contribution < 1.29 is 16.5 Å². The molecule has 52 heavy (non-hydrogen) atoms. The van der Waals surface area contributed by atoms with Gasteiger partial charge in [-0.2, -0.15) is 0 Å². The molecular weight excluding hydrogens is 675 g/mol. The monoisotopic (exact) mass is 753 g/mol. The van der Waals surface area contributed by atoms with Crippen LogP contribution in [0.4, 0.5) is 11.4 Å². The summed E-state index contributed by atoms with van der Waals surface area (Å²) in [5.41, 5.74) is 8.53. The Hall–Kier alpha value is -2.17. The van der Waals surface area contributed by atoms with Crippen molar-refractivity contribution in [2.45, 2.75) is 214 Å². The minimum absolute atomic E-state index is 0. The van der Waals surface area contributed by atoms with Crippen LogP contribution in [0.3, 0.4) is 0 Å². The van der Waals surface area contributed by atoms with Gasteiger partial charge in [-0.3, -0.25) is 4.99 Å². The quantitative estimate of drug-likeness (QED) is 0.0328. The van der Waals surface area contributed by atoms with E-state index in [0.29, 0.717) is 0 Å². The van der Waals surface area contributed by atoms with E-state index in [1.807, 2.05) is 6.21 Å². The standard InChI is InChI=1S/C49H78N2.Ni/c1-6-11-16-17-18-19-20-21-22-23-24-25-30-35-47(51-49-40-45(33-28-14-9-4)37-46(41-49)34-29-15-10-5)42-50-48-38-43(31-26-12-7-2)36-44(39-48)32-27-13-8-3;/h36-42H,6-29,31-34H2,1-5H3;/b50-42+,51-47+;. The van der Waals surface area contributed by atoms with E-state index < -0.39 is 0 Å². The van der Waals surface area contributed by atoms with Gasteiger partial charge in [0, 0.05) is 22.9 Å². The van der Waals surface area contributed by atoms with Crippen LogP contribution in [0.1, 0.15) is 211 Å². The van der Waals surface area contributed by atoms with Crippen LogP contribution in [0.5, 0.6) is 0 Å². The third-order valence-electron chi connectivity index (χ3n) is 10.1. The summed E-state index contributed by atoms with van der Waals surface area (Å²) in [5, 5.41) is 0. The summed E-state index contributed by atoms with van der Waals surface area (Å²) in [6.07, 6.45) is 37.4. The molecule has 0 saturated carbocycles. The van der Waals surface area contributed by atoms with Crippen molar-refractivity contribution in [3.05, 3.63) is 58.7 Å². The van der Waals surface area contributed by atoms with Crippen molar-refractivity contribution in [1.29, 1.82) is 0 Å². The summed E-state index contributed by atoms with van der Waals surface area (Å²) in [4.78, 5) is 10.3. The van der Waals surface area contributed by atoms with Gasteiger partial charge >= 0.3 is 0 Å². The average molecular weight is 754 g/mol. The van der Waals surface area contributed by atoms with Gasteiger partial charge in [0.15, 0.2) is 0 Å². The molecule has 2 rings (SSSR count). The van der Waals surface area contributed by atoms with Gasteiger partial charge in [-0.05, 0) is 110 Å².